The summed E-state index contributed by atoms with van der Waals surface area (Å²) < 4.78 is 27.3. The van der Waals surface area contributed by atoms with Gasteiger partial charge < -0.3 is 10.0 Å². The van der Waals surface area contributed by atoms with Crippen molar-refractivity contribution in [3.63, 3.8) is 0 Å². The van der Waals surface area contributed by atoms with Gasteiger partial charge in [-0.15, -0.1) is 0 Å². The molecule has 0 saturated carbocycles. The van der Waals surface area contributed by atoms with E-state index < -0.39 is 16.0 Å². The van der Waals surface area contributed by atoms with Gasteiger partial charge in [0.1, 0.15) is 0 Å². The smallest absolute Gasteiger partial charge is 0.337 e. The van der Waals surface area contributed by atoms with E-state index in [0.717, 1.165) is 45.2 Å². The molecule has 2 heterocycles. The van der Waals surface area contributed by atoms with Crippen LogP contribution in [0.1, 0.15) is 49.4 Å². The zero-order valence-electron chi connectivity index (χ0n) is 14.6. The van der Waals surface area contributed by atoms with E-state index in [1.54, 1.807) is 12.1 Å². The Morgan fingerprint density at radius 1 is 1.12 bits per heavy atom. The minimum atomic E-state index is -3.65. The first kappa shape index (κ1) is 18.2. The molecular weight excluding hydrogens is 340 g/mol. The van der Waals surface area contributed by atoms with Gasteiger partial charge in [-0.25, -0.2) is 13.2 Å². The molecule has 0 spiro atoms. The van der Waals surface area contributed by atoms with Crippen LogP contribution in [0.4, 0.5) is 5.69 Å². The number of sulfonamides is 1. The molecule has 7 heteroatoms. The van der Waals surface area contributed by atoms with E-state index >= 15 is 0 Å². The van der Waals surface area contributed by atoms with Gasteiger partial charge in [-0.3, -0.25) is 0 Å². The van der Waals surface area contributed by atoms with E-state index in [1.807, 2.05) is 11.8 Å². The fourth-order valence-corrected chi connectivity index (χ4v) is 5.40. The molecule has 138 valence electrons. The van der Waals surface area contributed by atoms with Crippen LogP contribution in [0.2, 0.25) is 0 Å². The topological polar surface area (TPSA) is 77.9 Å². The summed E-state index contributed by atoms with van der Waals surface area (Å²) in [6, 6.07) is 4.56. The molecule has 0 amide bonds. The standard InChI is InChI=1S/C18H26N2O4S/c1-14-6-5-11-20(13-14)25(23,24)15-7-8-17(16(12-15)18(21)22)19-9-3-2-4-10-19/h7-8,12,14H,2-6,9-11,13H2,1H3,(H,21,22). The Labute approximate surface area is 149 Å². The van der Waals surface area contributed by atoms with Gasteiger partial charge in [0.25, 0.3) is 0 Å². The first-order valence-corrected chi connectivity index (χ1v) is 10.5. The fraction of sp³-hybridized carbons (Fsp3) is 0.611. The maximum absolute atomic E-state index is 12.9. The van der Waals surface area contributed by atoms with E-state index in [-0.39, 0.29) is 10.5 Å². The zero-order chi connectivity index (χ0) is 18.0. The van der Waals surface area contributed by atoms with Crippen molar-refractivity contribution in [1.82, 2.24) is 4.31 Å². The van der Waals surface area contributed by atoms with Crippen LogP contribution >= 0.6 is 0 Å². The number of anilines is 1. The number of aromatic carboxylic acids is 1. The Morgan fingerprint density at radius 2 is 1.84 bits per heavy atom. The number of carboxylic acids is 1. The number of nitrogens with zero attached hydrogens (tertiary/aromatic N) is 2. The third-order valence-corrected chi connectivity index (χ3v) is 7.01. The van der Waals surface area contributed by atoms with Crippen LogP contribution in [0.5, 0.6) is 0 Å². The molecule has 1 N–H and O–H groups in total. The number of carbonyl (C=O) groups is 1. The van der Waals surface area contributed by atoms with Crippen molar-refractivity contribution in [1.29, 1.82) is 0 Å². The number of carboxylic acid groups (broad SMARTS) is 1. The van der Waals surface area contributed by atoms with Crippen molar-refractivity contribution < 1.29 is 18.3 Å². The monoisotopic (exact) mass is 366 g/mol. The number of piperidine rings is 2. The summed E-state index contributed by atoms with van der Waals surface area (Å²) in [5, 5.41) is 9.60. The lowest BCUT2D eigenvalue weighted by atomic mass is 10.0. The molecule has 1 atom stereocenters. The normalized spacial score (nSPS) is 22.8. The van der Waals surface area contributed by atoms with Gasteiger partial charge in [0, 0.05) is 26.2 Å². The summed E-state index contributed by atoms with van der Waals surface area (Å²) in [7, 11) is -3.65. The molecule has 0 aliphatic carbocycles. The minimum Gasteiger partial charge on any atom is -0.478 e. The molecule has 2 aliphatic rings. The number of rotatable bonds is 4. The van der Waals surface area contributed by atoms with Crippen molar-refractivity contribution >= 4 is 21.7 Å². The quantitative estimate of drug-likeness (QED) is 0.886. The van der Waals surface area contributed by atoms with E-state index in [9.17, 15) is 18.3 Å². The van der Waals surface area contributed by atoms with Gasteiger partial charge in [0.15, 0.2) is 0 Å². The first-order valence-electron chi connectivity index (χ1n) is 9.02. The highest BCUT2D eigenvalue weighted by Crippen LogP contribution is 2.29. The van der Waals surface area contributed by atoms with Gasteiger partial charge >= 0.3 is 5.97 Å². The molecule has 1 aromatic rings. The summed E-state index contributed by atoms with van der Waals surface area (Å²) in [6.07, 6.45) is 5.09. The van der Waals surface area contributed by atoms with Gasteiger partial charge in [-0.1, -0.05) is 6.92 Å². The summed E-state index contributed by atoms with van der Waals surface area (Å²) in [4.78, 5) is 13.9. The van der Waals surface area contributed by atoms with Crippen LogP contribution in [-0.2, 0) is 10.0 Å². The van der Waals surface area contributed by atoms with E-state index in [0.29, 0.717) is 24.7 Å². The van der Waals surface area contributed by atoms with Gasteiger partial charge in [-0.2, -0.15) is 4.31 Å². The summed E-state index contributed by atoms with van der Waals surface area (Å²) in [5.74, 6) is -0.750. The lowest BCUT2D eigenvalue weighted by molar-refractivity contribution is 0.0697. The van der Waals surface area contributed by atoms with Crippen molar-refractivity contribution in [2.75, 3.05) is 31.1 Å². The molecule has 6 nitrogen and oxygen atoms in total. The molecule has 2 fully saturated rings. The molecule has 0 radical (unpaired) electrons. The van der Waals surface area contributed by atoms with Gasteiger partial charge in [-0.05, 0) is 56.2 Å². The summed E-state index contributed by atoms with van der Waals surface area (Å²) in [6.45, 7) is 4.68. The number of hydrogen-bond donors (Lipinski definition) is 1. The highest BCUT2D eigenvalue weighted by molar-refractivity contribution is 7.89. The van der Waals surface area contributed by atoms with E-state index in [1.165, 1.54) is 10.4 Å². The summed E-state index contributed by atoms with van der Waals surface area (Å²) >= 11 is 0. The average molecular weight is 366 g/mol. The Kier molecular flexibility index (Phi) is 5.34. The van der Waals surface area contributed by atoms with Crippen LogP contribution < -0.4 is 4.90 Å². The maximum atomic E-state index is 12.9. The summed E-state index contributed by atoms with van der Waals surface area (Å²) in [5.41, 5.74) is 0.700. The highest BCUT2D eigenvalue weighted by Gasteiger charge is 2.30. The predicted molar refractivity (Wildman–Crippen MR) is 96.6 cm³/mol. The third-order valence-electron chi connectivity index (χ3n) is 5.15. The lowest BCUT2D eigenvalue weighted by Crippen LogP contribution is -2.39. The van der Waals surface area contributed by atoms with Crippen LogP contribution in [-0.4, -0.2) is 50.0 Å². The van der Waals surface area contributed by atoms with Gasteiger partial charge in [0.2, 0.25) is 10.0 Å². The Morgan fingerprint density at radius 3 is 2.48 bits per heavy atom. The molecule has 1 aromatic carbocycles. The third kappa shape index (κ3) is 3.82. The lowest BCUT2D eigenvalue weighted by Gasteiger charge is -2.31. The number of hydrogen-bond acceptors (Lipinski definition) is 4. The molecule has 0 aromatic heterocycles. The molecule has 0 bridgehead atoms. The Hall–Kier alpha value is -1.60. The van der Waals surface area contributed by atoms with E-state index in [4.69, 9.17) is 0 Å². The molecular formula is C18H26N2O4S. The van der Waals surface area contributed by atoms with Crippen LogP contribution in [0.25, 0.3) is 0 Å². The highest BCUT2D eigenvalue weighted by atomic mass is 32.2. The fourth-order valence-electron chi connectivity index (χ4n) is 3.77. The van der Waals surface area contributed by atoms with Crippen molar-refractivity contribution in [2.24, 2.45) is 5.92 Å². The molecule has 2 aliphatic heterocycles. The second-order valence-corrected chi connectivity index (χ2v) is 9.08. The molecule has 3 rings (SSSR count). The predicted octanol–water partition coefficient (Wildman–Crippen LogP) is 2.80. The largest absolute Gasteiger partial charge is 0.478 e. The van der Waals surface area contributed by atoms with Crippen LogP contribution in [0.3, 0.4) is 0 Å². The number of benzene rings is 1. The Bertz CT molecular complexity index is 741. The molecule has 25 heavy (non-hydrogen) atoms. The molecule has 2 saturated heterocycles. The van der Waals surface area contributed by atoms with E-state index in [2.05, 4.69) is 0 Å². The van der Waals surface area contributed by atoms with Crippen molar-refractivity contribution in [3.05, 3.63) is 23.8 Å². The van der Waals surface area contributed by atoms with Crippen molar-refractivity contribution in [3.8, 4) is 0 Å². The van der Waals surface area contributed by atoms with Gasteiger partial charge in [0.05, 0.1) is 16.1 Å². The van der Waals surface area contributed by atoms with Crippen molar-refractivity contribution in [2.45, 2.75) is 43.9 Å². The Balaban J connectivity index is 1.94. The zero-order valence-corrected chi connectivity index (χ0v) is 15.5. The second-order valence-electron chi connectivity index (χ2n) is 7.14. The van der Waals surface area contributed by atoms with Crippen LogP contribution in [0.15, 0.2) is 23.1 Å². The SMILES string of the molecule is CC1CCCN(S(=O)(=O)c2ccc(N3CCCCC3)c(C(=O)O)c2)C1. The second kappa shape index (κ2) is 7.33. The van der Waals surface area contributed by atoms with Crippen LogP contribution in [0, 0.1) is 5.92 Å². The maximum Gasteiger partial charge on any atom is 0.337 e. The first-order chi connectivity index (χ1) is 11.9. The molecule has 1 unspecified atom stereocenters. The average Bonchev–Trinajstić information content (AvgIpc) is 2.62. The minimum absolute atomic E-state index is 0.0769.